The van der Waals surface area contributed by atoms with Crippen molar-refractivity contribution in [3.8, 4) is 0 Å². The van der Waals surface area contributed by atoms with Crippen LogP contribution in [0.5, 0.6) is 0 Å². The molecule has 0 aromatic heterocycles. The number of anilines is 1. The van der Waals surface area contributed by atoms with E-state index in [9.17, 15) is 4.39 Å². The normalized spacial score (nSPS) is 15.7. The summed E-state index contributed by atoms with van der Waals surface area (Å²) in [7, 11) is 0. The van der Waals surface area contributed by atoms with Crippen LogP contribution in [0, 0.1) is 5.82 Å². The Bertz CT molecular complexity index is 589. The maximum absolute atomic E-state index is 13.9. The Labute approximate surface area is 119 Å². The SMILES string of the molecule is Nc1cccc(F)c1CN1CCCc2ccccc2C1. The third-order valence-electron chi connectivity index (χ3n) is 3.97. The number of halogens is 1. The zero-order valence-electron chi connectivity index (χ0n) is 11.5. The van der Waals surface area contributed by atoms with Crippen LogP contribution in [0.2, 0.25) is 0 Å². The molecule has 3 rings (SSSR count). The lowest BCUT2D eigenvalue weighted by Gasteiger charge is -2.21. The van der Waals surface area contributed by atoms with Gasteiger partial charge in [0.1, 0.15) is 5.82 Å². The first-order valence-electron chi connectivity index (χ1n) is 7.06. The van der Waals surface area contributed by atoms with E-state index in [-0.39, 0.29) is 5.82 Å². The quantitative estimate of drug-likeness (QED) is 0.848. The Morgan fingerprint density at radius 3 is 2.65 bits per heavy atom. The fraction of sp³-hybridized carbons (Fsp3) is 0.294. The number of aryl methyl sites for hydroxylation is 1. The second kappa shape index (κ2) is 5.63. The van der Waals surface area contributed by atoms with Crippen molar-refractivity contribution in [3.63, 3.8) is 0 Å². The first-order valence-corrected chi connectivity index (χ1v) is 7.06. The molecular weight excluding hydrogens is 251 g/mol. The van der Waals surface area contributed by atoms with Crippen LogP contribution in [0.15, 0.2) is 42.5 Å². The molecule has 0 radical (unpaired) electrons. The van der Waals surface area contributed by atoms with Crippen LogP contribution in [-0.2, 0) is 19.5 Å². The van der Waals surface area contributed by atoms with Crippen molar-refractivity contribution in [2.45, 2.75) is 25.9 Å². The van der Waals surface area contributed by atoms with Crippen molar-refractivity contribution < 1.29 is 4.39 Å². The van der Waals surface area contributed by atoms with Crippen LogP contribution in [0.3, 0.4) is 0 Å². The fourth-order valence-corrected chi connectivity index (χ4v) is 2.87. The Morgan fingerprint density at radius 2 is 1.85 bits per heavy atom. The van der Waals surface area contributed by atoms with Crippen LogP contribution in [0.25, 0.3) is 0 Å². The van der Waals surface area contributed by atoms with Crippen molar-refractivity contribution in [1.29, 1.82) is 0 Å². The summed E-state index contributed by atoms with van der Waals surface area (Å²) < 4.78 is 13.9. The molecule has 2 N–H and O–H groups in total. The number of nitrogens with zero attached hydrogens (tertiary/aromatic N) is 1. The van der Waals surface area contributed by atoms with Crippen LogP contribution in [0.1, 0.15) is 23.1 Å². The van der Waals surface area contributed by atoms with Gasteiger partial charge in [0.15, 0.2) is 0 Å². The molecule has 0 fully saturated rings. The maximum Gasteiger partial charge on any atom is 0.129 e. The lowest BCUT2D eigenvalue weighted by Crippen LogP contribution is -2.24. The standard InChI is InChI=1S/C17H19FN2/c18-16-8-3-9-17(19)15(16)12-20-10-4-7-13-5-1-2-6-14(13)11-20/h1-3,5-6,8-9H,4,7,10-12,19H2. The summed E-state index contributed by atoms with van der Waals surface area (Å²) >= 11 is 0. The zero-order valence-corrected chi connectivity index (χ0v) is 11.5. The topological polar surface area (TPSA) is 29.3 Å². The second-order valence-corrected chi connectivity index (χ2v) is 5.39. The van der Waals surface area contributed by atoms with E-state index in [4.69, 9.17) is 5.73 Å². The summed E-state index contributed by atoms with van der Waals surface area (Å²) in [4.78, 5) is 2.28. The molecule has 104 valence electrons. The van der Waals surface area contributed by atoms with Crippen LogP contribution in [0.4, 0.5) is 10.1 Å². The largest absolute Gasteiger partial charge is 0.398 e. The lowest BCUT2D eigenvalue weighted by molar-refractivity contribution is 0.258. The van der Waals surface area contributed by atoms with Gasteiger partial charge in [-0.05, 0) is 42.6 Å². The summed E-state index contributed by atoms with van der Waals surface area (Å²) in [6.45, 7) is 2.42. The molecule has 0 saturated carbocycles. The number of hydrogen-bond acceptors (Lipinski definition) is 2. The zero-order chi connectivity index (χ0) is 13.9. The van der Waals surface area contributed by atoms with Crippen LogP contribution >= 0.6 is 0 Å². The highest BCUT2D eigenvalue weighted by atomic mass is 19.1. The highest BCUT2D eigenvalue weighted by molar-refractivity contribution is 5.47. The van der Waals surface area contributed by atoms with Crippen LogP contribution in [-0.4, -0.2) is 11.4 Å². The van der Waals surface area contributed by atoms with Gasteiger partial charge in [0.2, 0.25) is 0 Å². The van der Waals surface area contributed by atoms with Gasteiger partial charge in [0, 0.05) is 24.3 Å². The van der Waals surface area contributed by atoms with Crippen molar-refractivity contribution in [3.05, 3.63) is 65.0 Å². The number of benzene rings is 2. The lowest BCUT2D eigenvalue weighted by atomic mass is 10.0. The van der Waals surface area contributed by atoms with E-state index < -0.39 is 0 Å². The fourth-order valence-electron chi connectivity index (χ4n) is 2.87. The maximum atomic E-state index is 13.9. The molecular formula is C17H19FN2. The van der Waals surface area contributed by atoms with Gasteiger partial charge in [-0.25, -0.2) is 4.39 Å². The van der Waals surface area contributed by atoms with E-state index in [0.29, 0.717) is 17.8 Å². The Hall–Kier alpha value is -1.87. The summed E-state index contributed by atoms with van der Waals surface area (Å²) in [6.07, 6.45) is 2.20. The van der Waals surface area contributed by atoms with E-state index in [1.165, 1.54) is 17.2 Å². The highest BCUT2D eigenvalue weighted by Crippen LogP contribution is 2.23. The molecule has 3 heteroatoms. The van der Waals surface area contributed by atoms with Gasteiger partial charge in [-0.1, -0.05) is 30.3 Å². The molecule has 0 unspecified atom stereocenters. The third kappa shape index (κ3) is 2.68. The van der Waals surface area contributed by atoms with Gasteiger partial charge < -0.3 is 5.73 Å². The summed E-state index contributed by atoms with van der Waals surface area (Å²) in [5.41, 5.74) is 9.83. The van der Waals surface area contributed by atoms with Crippen LogP contribution < -0.4 is 5.73 Å². The number of rotatable bonds is 2. The van der Waals surface area contributed by atoms with Crippen molar-refractivity contribution in [2.75, 3.05) is 12.3 Å². The minimum atomic E-state index is -0.206. The van der Waals surface area contributed by atoms with Crippen molar-refractivity contribution in [2.24, 2.45) is 0 Å². The van der Waals surface area contributed by atoms with E-state index >= 15 is 0 Å². The Kier molecular flexibility index (Phi) is 3.70. The van der Waals surface area contributed by atoms with Gasteiger partial charge in [-0.3, -0.25) is 4.90 Å². The minimum absolute atomic E-state index is 0.206. The monoisotopic (exact) mass is 270 g/mol. The molecule has 0 aliphatic carbocycles. The predicted molar refractivity (Wildman–Crippen MR) is 79.7 cm³/mol. The predicted octanol–water partition coefficient (Wildman–Crippen LogP) is 3.36. The molecule has 1 aliphatic heterocycles. The molecule has 2 aromatic rings. The molecule has 0 spiro atoms. The number of nitrogens with two attached hydrogens (primary N) is 1. The van der Waals surface area contributed by atoms with Crippen molar-refractivity contribution in [1.82, 2.24) is 4.90 Å². The van der Waals surface area contributed by atoms with Gasteiger partial charge >= 0.3 is 0 Å². The Morgan fingerprint density at radius 1 is 1.05 bits per heavy atom. The molecule has 1 aliphatic rings. The highest BCUT2D eigenvalue weighted by Gasteiger charge is 2.16. The van der Waals surface area contributed by atoms with E-state index in [1.807, 2.05) is 0 Å². The molecule has 0 amide bonds. The molecule has 0 atom stereocenters. The molecule has 20 heavy (non-hydrogen) atoms. The van der Waals surface area contributed by atoms with Crippen molar-refractivity contribution >= 4 is 5.69 Å². The average molecular weight is 270 g/mol. The Balaban J connectivity index is 1.82. The van der Waals surface area contributed by atoms with E-state index in [0.717, 1.165) is 25.9 Å². The second-order valence-electron chi connectivity index (χ2n) is 5.39. The number of fused-ring (bicyclic) bond motifs is 1. The van der Waals surface area contributed by atoms with E-state index in [1.54, 1.807) is 12.1 Å². The summed E-state index contributed by atoms with van der Waals surface area (Å²) in [6, 6.07) is 13.4. The third-order valence-corrected chi connectivity index (χ3v) is 3.97. The number of nitrogen functional groups attached to an aromatic ring is 1. The average Bonchev–Trinajstić information content (AvgIpc) is 2.64. The summed E-state index contributed by atoms with van der Waals surface area (Å²) in [5, 5.41) is 0. The first kappa shape index (κ1) is 13.1. The number of hydrogen-bond donors (Lipinski definition) is 1. The minimum Gasteiger partial charge on any atom is -0.398 e. The molecule has 2 aromatic carbocycles. The molecule has 0 saturated heterocycles. The molecule has 2 nitrogen and oxygen atoms in total. The summed E-state index contributed by atoms with van der Waals surface area (Å²) in [5.74, 6) is -0.206. The first-order chi connectivity index (χ1) is 9.74. The van der Waals surface area contributed by atoms with Gasteiger partial charge in [0.05, 0.1) is 0 Å². The van der Waals surface area contributed by atoms with Gasteiger partial charge in [0.25, 0.3) is 0 Å². The van der Waals surface area contributed by atoms with Gasteiger partial charge in [-0.15, -0.1) is 0 Å². The van der Waals surface area contributed by atoms with E-state index in [2.05, 4.69) is 29.2 Å². The smallest absolute Gasteiger partial charge is 0.129 e. The van der Waals surface area contributed by atoms with Gasteiger partial charge in [-0.2, -0.15) is 0 Å². The molecule has 0 bridgehead atoms. The molecule has 1 heterocycles.